The van der Waals surface area contributed by atoms with Gasteiger partial charge < -0.3 is 24.1 Å². The van der Waals surface area contributed by atoms with Gasteiger partial charge in [0.1, 0.15) is 5.60 Å². The van der Waals surface area contributed by atoms with Crippen molar-refractivity contribution in [3.05, 3.63) is 22.8 Å². The molecule has 1 spiro atoms. The van der Waals surface area contributed by atoms with Gasteiger partial charge in [0.05, 0.1) is 26.4 Å². The van der Waals surface area contributed by atoms with E-state index in [-0.39, 0.29) is 11.2 Å². The van der Waals surface area contributed by atoms with Gasteiger partial charge in [-0.3, -0.25) is 0 Å². The Kier molecular flexibility index (Phi) is 4.04. The molecule has 6 aliphatic rings. The zero-order valence-electron chi connectivity index (χ0n) is 17.8. The third-order valence-corrected chi connectivity index (χ3v) is 9.39. The van der Waals surface area contributed by atoms with Crippen LogP contribution in [0.1, 0.15) is 65.2 Å². The van der Waals surface area contributed by atoms with Crippen molar-refractivity contribution in [3.63, 3.8) is 0 Å². The van der Waals surface area contributed by atoms with Crippen LogP contribution < -0.4 is 0 Å². The highest BCUT2D eigenvalue weighted by atomic mass is 16.8. The highest BCUT2D eigenvalue weighted by Crippen LogP contribution is 2.66. The van der Waals surface area contributed by atoms with Crippen LogP contribution in [0, 0.1) is 17.3 Å². The summed E-state index contributed by atoms with van der Waals surface area (Å²) in [6.07, 6.45) is 10.5. The molecule has 2 heterocycles. The first-order valence-corrected chi connectivity index (χ1v) is 11.6. The fourth-order valence-electron chi connectivity index (χ4n) is 7.81. The van der Waals surface area contributed by atoms with Gasteiger partial charge in [-0.15, -0.1) is 0 Å². The lowest BCUT2D eigenvalue weighted by atomic mass is 9.55. The van der Waals surface area contributed by atoms with Crippen molar-refractivity contribution >= 4 is 0 Å². The van der Waals surface area contributed by atoms with Gasteiger partial charge >= 0.3 is 0 Å². The van der Waals surface area contributed by atoms with E-state index in [1.54, 1.807) is 16.7 Å². The molecule has 0 aromatic rings. The summed E-state index contributed by atoms with van der Waals surface area (Å²) in [5.74, 6) is -0.184. The van der Waals surface area contributed by atoms with Gasteiger partial charge in [-0.05, 0) is 68.4 Å². The highest BCUT2D eigenvalue weighted by molar-refractivity contribution is 5.45. The second-order valence-electron chi connectivity index (χ2n) is 10.4. The van der Waals surface area contributed by atoms with E-state index in [0.717, 1.165) is 58.2 Å². The molecule has 29 heavy (non-hydrogen) atoms. The molecule has 3 fully saturated rings. The number of rotatable bonds is 1. The van der Waals surface area contributed by atoms with Crippen LogP contribution in [0.5, 0.6) is 0 Å². The van der Waals surface area contributed by atoms with Gasteiger partial charge in [-0.2, -0.15) is 0 Å². The van der Waals surface area contributed by atoms with E-state index in [0.29, 0.717) is 25.0 Å². The summed E-state index contributed by atoms with van der Waals surface area (Å²) < 4.78 is 24.0. The van der Waals surface area contributed by atoms with Crippen LogP contribution in [0.3, 0.4) is 0 Å². The Morgan fingerprint density at radius 1 is 0.931 bits per heavy atom. The van der Waals surface area contributed by atoms with E-state index in [2.05, 4.69) is 13.0 Å². The summed E-state index contributed by atoms with van der Waals surface area (Å²) in [5.41, 5.74) is 3.59. The molecule has 4 aliphatic carbocycles. The van der Waals surface area contributed by atoms with E-state index in [4.69, 9.17) is 18.9 Å². The van der Waals surface area contributed by atoms with Gasteiger partial charge in [0.2, 0.25) is 0 Å². The minimum Gasteiger partial charge on any atom is -0.384 e. The molecule has 1 saturated carbocycles. The molecule has 5 heteroatoms. The molecule has 2 aliphatic heterocycles. The molecule has 4 atom stereocenters. The average molecular weight is 403 g/mol. The van der Waals surface area contributed by atoms with Gasteiger partial charge in [0, 0.05) is 18.3 Å². The standard InChI is InChI=1S/C24H34O5/c1-21-8-5-18-17-6-9-23(28-13-14-29-23)15-16(17)3-4-19(18)20(21)7-10-24(21,25)22(2)26-11-12-27-22/h5,19-20,25H,3-4,6-15H2,1-2H3/t19-,20+,21+,24+/m1/s1. The number of fused-ring (bicyclic) bond motifs is 4. The molecule has 0 amide bonds. The van der Waals surface area contributed by atoms with Crippen LogP contribution in [-0.4, -0.2) is 48.7 Å². The van der Waals surface area contributed by atoms with Crippen molar-refractivity contribution in [2.45, 2.75) is 82.4 Å². The number of ether oxygens (including phenoxy) is 4. The van der Waals surface area contributed by atoms with Crippen molar-refractivity contribution in [2.75, 3.05) is 26.4 Å². The molecule has 0 bridgehead atoms. The molecular weight excluding hydrogens is 368 g/mol. The quantitative estimate of drug-likeness (QED) is 0.722. The average Bonchev–Trinajstić information content (AvgIpc) is 3.42. The zero-order chi connectivity index (χ0) is 19.9. The second-order valence-corrected chi connectivity index (χ2v) is 10.4. The van der Waals surface area contributed by atoms with E-state index < -0.39 is 11.4 Å². The predicted octanol–water partition coefficient (Wildman–Crippen LogP) is 3.86. The SMILES string of the molecule is CC1([C@]2(O)CC[C@H]3[C@@H]4CCC5=C(CCC6(C5)OCCO6)C4=CC[C@@]32C)OCCO1. The summed E-state index contributed by atoms with van der Waals surface area (Å²) >= 11 is 0. The summed E-state index contributed by atoms with van der Waals surface area (Å²) in [6.45, 7) is 6.86. The van der Waals surface area contributed by atoms with Gasteiger partial charge in [0.25, 0.3) is 0 Å². The topological polar surface area (TPSA) is 57.2 Å². The molecule has 2 saturated heterocycles. The maximum atomic E-state index is 11.9. The summed E-state index contributed by atoms with van der Waals surface area (Å²) in [7, 11) is 0. The lowest BCUT2D eigenvalue weighted by Crippen LogP contribution is -2.62. The molecule has 6 rings (SSSR count). The van der Waals surface area contributed by atoms with Crippen molar-refractivity contribution in [1.82, 2.24) is 0 Å². The largest absolute Gasteiger partial charge is 0.384 e. The molecule has 160 valence electrons. The third-order valence-electron chi connectivity index (χ3n) is 9.39. The molecule has 0 aromatic heterocycles. The second kappa shape index (κ2) is 6.17. The van der Waals surface area contributed by atoms with E-state index in [1.807, 2.05) is 6.92 Å². The predicted molar refractivity (Wildman–Crippen MR) is 107 cm³/mol. The van der Waals surface area contributed by atoms with Gasteiger partial charge in [-0.25, -0.2) is 0 Å². The molecule has 0 radical (unpaired) electrons. The Morgan fingerprint density at radius 3 is 2.41 bits per heavy atom. The smallest absolute Gasteiger partial charge is 0.195 e. The lowest BCUT2D eigenvalue weighted by molar-refractivity contribution is -0.293. The summed E-state index contributed by atoms with van der Waals surface area (Å²) in [5, 5.41) is 11.9. The molecule has 1 N–H and O–H groups in total. The van der Waals surface area contributed by atoms with Gasteiger partial charge in [0.15, 0.2) is 11.6 Å². The minimum absolute atomic E-state index is 0.202. The lowest BCUT2D eigenvalue weighted by Gasteiger charge is -2.54. The molecular formula is C24H34O5. The fraction of sp³-hybridized carbons (Fsp3) is 0.833. The number of allylic oxidation sites excluding steroid dienone is 3. The molecule has 0 aromatic carbocycles. The van der Waals surface area contributed by atoms with Crippen LogP contribution >= 0.6 is 0 Å². The van der Waals surface area contributed by atoms with E-state index in [9.17, 15) is 5.11 Å². The third kappa shape index (κ3) is 2.40. The fourth-order valence-corrected chi connectivity index (χ4v) is 7.81. The zero-order valence-corrected chi connectivity index (χ0v) is 17.8. The maximum absolute atomic E-state index is 11.9. The van der Waals surface area contributed by atoms with Crippen LogP contribution in [-0.2, 0) is 18.9 Å². The Hall–Kier alpha value is -0.720. The number of hydrogen-bond acceptors (Lipinski definition) is 5. The van der Waals surface area contributed by atoms with E-state index >= 15 is 0 Å². The first-order valence-electron chi connectivity index (χ1n) is 11.6. The van der Waals surface area contributed by atoms with Crippen molar-refractivity contribution in [3.8, 4) is 0 Å². The number of aliphatic hydroxyl groups is 1. The number of hydrogen-bond donors (Lipinski definition) is 1. The van der Waals surface area contributed by atoms with Crippen molar-refractivity contribution in [2.24, 2.45) is 17.3 Å². The monoisotopic (exact) mass is 402 g/mol. The van der Waals surface area contributed by atoms with Crippen molar-refractivity contribution < 1.29 is 24.1 Å². The highest BCUT2D eigenvalue weighted by Gasteiger charge is 2.68. The van der Waals surface area contributed by atoms with Crippen LogP contribution in [0.4, 0.5) is 0 Å². The van der Waals surface area contributed by atoms with Crippen LogP contribution in [0.25, 0.3) is 0 Å². The van der Waals surface area contributed by atoms with Crippen LogP contribution in [0.15, 0.2) is 22.8 Å². The Balaban J connectivity index is 1.33. The normalized spacial score (nSPS) is 45.1. The van der Waals surface area contributed by atoms with Gasteiger partial charge in [-0.1, -0.05) is 18.6 Å². The maximum Gasteiger partial charge on any atom is 0.195 e. The Morgan fingerprint density at radius 2 is 1.66 bits per heavy atom. The van der Waals surface area contributed by atoms with Crippen molar-refractivity contribution in [1.29, 1.82) is 0 Å². The summed E-state index contributed by atoms with van der Waals surface area (Å²) in [4.78, 5) is 0. The molecule has 0 unspecified atom stereocenters. The first kappa shape index (κ1) is 19.0. The Bertz CT molecular complexity index is 772. The molecule has 5 nitrogen and oxygen atoms in total. The van der Waals surface area contributed by atoms with E-state index in [1.165, 1.54) is 6.42 Å². The Labute approximate surface area is 173 Å². The minimum atomic E-state index is -0.931. The van der Waals surface area contributed by atoms with Crippen LogP contribution in [0.2, 0.25) is 0 Å². The summed E-state index contributed by atoms with van der Waals surface area (Å²) in [6, 6.07) is 0. The first-order chi connectivity index (χ1) is 13.9.